The van der Waals surface area contributed by atoms with Gasteiger partial charge in [-0.25, -0.2) is 4.99 Å². The van der Waals surface area contributed by atoms with E-state index in [1.165, 1.54) is 4.88 Å². The summed E-state index contributed by atoms with van der Waals surface area (Å²) in [5.74, 6) is 3.62. The highest BCUT2D eigenvalue weighted by molar-refractivity contribution is 7.09. The minimum absolute atomic E-state index is 0.437. The van der Waals surface area contributed by atoms with Crippen molar-refractivity contribution in [3.8, 4) is 0 Å². The van der Waals surface area contributed by atoms with E-state index in [-0.39, 0.29) is 0 Å². The Kier molecular flexibility index (Phi) is 7.40. The number of hydrogen-bond donors (Lipinski definition) is 2. The first-order valence-electron chi connectivity index (χ1n) is 9.95. The normalized spacial score (nSPS) is 12.0. The van der Waals surface area contributed by atoms with Crippen molar-refractivity contribution >= 4 is 17.3 Å². The van der Waals surface area contributed by atoms with E-state index >= 15 is 0 Å². The molecule has 3 aromatic rings. The van der Waals surface area contributed by atoms with Crippen molar-refractivity contribution in [2.75, 3.05) is 0 Å². The van der Waals surface area contributed by atoms with Gasteiger partial charge in [-0.15, -0.1) is 21.5 Å². The number of thiophene rings is 1. The van der Waals surface area contributed by atoms with Crippen molar-refractivity contribution in [1.82, 2.24) is 30.6 Å². The molecule has 156 valence electrons. The Bertz CT molecular complexity index is 909. The number of guanidine groups is 1. The average molecular weight is 416 g/mol. The molecule has 0 aromatic carbocycles. The summed E-state index contributed by atoms with van der Waals surface area (Å²) in [7, 11) is 1.94. The molecule has 3 heterocycles. The molecule has 29 heavy (non-hydrogen) atoms. The molecule has 0 saturated carbocycles. The predicted octanol–water partition coefficient (Wildman–Crippen LogP) is 3.51. The van der Waals surface area contributed by atoms with Crippen LogP contribution in [0.15, 0.2) is 33.1 Å². The van der Waals surface area contributed by atoms with E-state index in [1.54, 1.807) is 11.3 Å². The van der Waals surface area contributed by atoms with Crippen molar-refractivity contribution < 1.29 is 4.52 Å². The SMILES string of the molecule is CCC(CC)c1cc(CNC(=NCc2nnc(C)n2C)NCc2cccs2)on1. The Balaban J connectivity index is 1.65. The van der Waals surface area contributed by atoms with Gasteiger partial charge in [0.1, 0.15) is 12.4 Å². The molecule has 0 fully saturated rings. The fourth-order valence-electron chi connectivity index (χ4n) is 2.98. The quantitative estimate of drug-likeness (QED) is 0.410. The van der Waals surface area contributed by atoms with Gasteiger partial charge in [0.05, 0.1) is 18.8 Å². The van der Waals surface area contributed by atoms with Crippen LogP contribution in [0.4, 0.5) is 0 Å². The Morgan fingerprint density at radius 3 is 2.69 bits per heavy atom. The summed E-state index contributed by atoms with van der Waals surface area (Å²) in [6.45, 7) is 7.93. The predicted molar refractivity (Wildman–Crippen MR) is 115 cm³/mol. The van der Waals surface area contributed by atoms with Crippen LogP contribution in [0.1, 0.15) is 60.6 Å². The van der Waals surface area contributed by atoms with E-state index < -0.39 is 0 Å². The highest BCUT2D eigenvalue weighted by atomic mass is 32.1. The number of nitrogens with one attached hydrogen (secondary N) is 2. The van der Waals surface area contributed by atoms with Gasteiger partial charge in [0.15, 0.2) is 17.5 Å². The molecule has 0 aliphatic carbocycles. The molecule has 8 nitrogen and oxygen atoms in total. The number of rotatable bonds is 9. The van der Waals surface area contributed by atoms with Gasteiger partial charge < -0.3 is 19.7 Å². The molecule has 9 heteroatoms. The van der Waals surface area contributed by atoms with E-state index in [0.717, 1.165) is 35.9 Å². The molecule has 0 aliphatic heterocycles. The molecule has 3 rings (SSSR count). The first-order valence-corrected chi connectivity index (χ1v) is 10.8. The highest BCUT2D eigenvalue weighted by Crippen LogP contribution is 2.22. The lowest BCUT2D eigenvalue weighted by molar-refractivity contribution is 0.368. The van der Waals surface area contributed by atoms with Gasteiger partial charge >= 0.3 is 0 Å². The van der Waals surface area contributed by atoms with Crippen LogP contribution >= 0.6 is 11.3 Å². The van der Waals surface area contributed by atoms with E-state index in [1.807, 2.05) is 30.7 Å². The number of aromatic nitrogens is 4. The molecule has 0 aliphatic rings. The smallest absolute Gasteiger partial charge is 0.192 e. The summed E-state index contributed by atoms with van der Waals surface area (Å²) in [6, 6.07) is 6.18. The average Bonchev–Trinajstić information content (AvgIpc) is 3.47. The summed E-state index contributed by atoms with van der Waals surface area (Å²) in [5, 5.41) is 21.3. The Morgan fingerprint density at radius 1 is 1.24 bits per heavy atom. The van der Waals surface area contributed by atoms with E-state index in [9.17, 15) is 0 Å². The van der Waals surface area contributed by atoms with Crippen LogP contribution in [-0.4, -0.2) is 25.9 Å². The Morgan fingerprint density at radius 2 is 2.03 bits per heavy atom. The van der Waals surface area contributed by atoms with E-state index in [2.05, 4.69) is 56.3 Å². The standard InChI is InChI=1S/C20H29N7OS/c1-5-15(6-2)18-10-16(28-26-18)11-21-20(22-12-17-8-7-9-29-17)23-13-19-25-24-14(3)27(19)4/h7-10,15H,5-6,11-13H2,1-4H3,(H2,21,22,23). The fourth-order valence-corrected chi connectivity index (χ4v) is 3.62. The van der Waals surface area contributed by atoms with Gasteiger partial charge in [0.2, 0.25) is 0 Å². The fraction of sp³-hybridized carbons (Fsp3) is 0.500. The minimum Gasteiger partial charge on any atom is -0.359 e. The number of aliphatic imine (C=N–C) groups is 1. The first kappa shape index (κ1) is 21.0. The molecular weight excluding hydrogens is 386 g/mol. The number of hydrogen-bond acceptors (Lipinski definition) is 6. The van der Waals surface area contributed by atoms with Crippen LogP contribution in [0.3, 0.4) is 0 Å². The second-order valence-corrected chi connectivity index (χ2v) is 7.94. The summed E-state index contributed by atoms with van der Waals surface area (Å²) >= 11 is 1.71. The van der Waals surface area contributed by atoms with Crippen molar-refractivity contribution in [1.29, 1.82) is 0 Å². The van der Waals surface area contributed by atoms with Crippen LogP contribution in [0, 0.1) is 6.92 Å². The lowest BCUT2D eigenvalue weighted by Gasteiger charge is -2.11. The second-order valence-electron chi connectivity index (χ2n) is 6.91. The van der Waals surface area contributed by atoms with Crippen LogP contribution in [0.5, 0.6) is 0 Å². The third kappa shape index (κ3) is 5.66. The second kappa shape index (κ2) is 10.2. The number of aryl methyl sites for hydroxylation is 1. The van der Waals surface area contributed by atoms with Gasteiger partial charge in [-0.05, 0) is 31.2 Å². The number of nitrogens with zero attached hydrogens (tertiary/aromatic N) is 5. The maximum absolute atomic E-state index is 5.52. The van der Waals surface area contributed by atoms with Gasteiger partial charge in [-0.2, -0.15) is 0 Å². The van der Waals surface area contributed by atoms with Crippen molar-refractivity contribution in [2.45, 2.75) is 59.2 Å². The molecule has 0 bridgehead atoms. The molecule has 0 saturated heterocycles. The zero-order valence-corrected chi connectivity index (χ0v) is 18.3. The highest BCUT2D eigenvalue weighted by Gasteiger charge is 2.13. The van der Waals surface area contributed by atoms with Crippen molar-refractivity contribution in [3.63, 3.8) is 0 Å². The van der Waals surface area contributed by atoms with Crippen LogP contribution < -0.4 is 10.6 Å². The van der Waals surface area contributed by atoms with Gasteiger partial charge in [0, 0.05) is 23.9 Å². The van der Waals surface area contributed by atoms with Gasteiger partial charge in [0.25, 0.3) is 0 Å². The Hall–Kier alpha value is -2.68. The molecule has 0 radical (unpaired) electrons. The lowest BCUT2D eigenvalue weighted by Crippen LogP contribution is -2.36. The van der Waals surface area contributed by atoms with Crippen LogP contribution in [0.25, 0.3) is 0 Å². The van der Waals surface area contributed by atoms with Gasteiger partial charge in [-0.1, -0.05) is 25.1 Å². The summed E-state index contributed by atoms with van der Waals surface area (Å²) in [4.78, 5) is 5.91. The molecule has 0 unspecified atom stereocenters. The topological polar surface area (TPSA) is 93.2 Å². The zero-order chi connectivity index (χ0) is 20.6. The minimum atomic E-state index is 0.437. The van der Waals surface area contributed by atoms with Crippen molar-refractivity contribution in [3.05, 3.63) is 51.6 Å². The third-order valence-corrected chi connectivity index (χ3v) is 5.86. The largest absolute Gasteiger partial charge is 0.359 e. The lowest BCUT2D eigenvalue weighted by atomic mass is 9.99. The monoisotopic (exact) mass is 415 g/mol. The molecular formula is C20H29N7OS. The summed E-state index contributed by atoms with van der Waals surface area (Å²) in [6.07, 6.45) is 2.12. The van der Waals surface area contributed by atoms with E-state index in [4.69, 9.17) is 4.52 Å². The Labute approximate surface area is 175 Å². The van der Waals surface area contributed by atoms with E-state index in [0.29, 0.717) is 31.5 Å². The molecule has 3 aromatic heterocycles. The first-order chi connectivity index (χ1) is 14.1. The maximum atomic E-state index is 5.52. The van der Waals surface area contributed by atoms with Crippen LogP contribution in [0.2, 0.25) is 0 Å². The maximum Gasteiger partial charge on any atom is 0.192 e. The zero-order valence-electron chi connectivity index (χ0n) is 17.5. The summed E-state index contributed by atoms with van der Waals surface area (Å²) < 4.78 is 7.46. The van der Waals surface area contributed by atoms with Gasteiger partial charge in [-0.3, -0.25) is 0 Å². The van der Waals surface area contributed by atoms with Crippen molar-refractivity contribution in [2.24, 2.45) is 12.0 Å². The van der Waals surface area contributed by atoms with Crippen LogP contribution in [-0.2, 0) is 26.7 Å². The summed E-state index contributed by atoms with van der Waals surface area (Å²) in [5.41, 5.74) is 1.02. The molecule has 2 N–H and O–H groups in total. The molecule has 0 spiro atoms. The third-order valence-electron chi connectivity index (χ3n) is 4.98. The molecule has 0 atom stereocenters. The molecule has 0 amide bonds.